The fourth-order valence-electron chi connectivity index (χ4n) is 1.48. The minimum absolute atomic E-state index is 0.170. The Morgan fingerprint density at radius 3 is 2.33 bits per heavy atom. The number of nitrogens with zero attached hydrogens (tertiary/aromatic N) is 1. The zero-order valence-electron chi connectivity index (χ0n) is 6.74. The van der Waals surface area contributed by atoms with Crippen molar-refractivity contribution < 1.29 is 13.2 Å². The molecule has 0 amide bonds. The summed E-state index contributed by atoms with van der Waals surface area (Å²) in [5.74, 6) is 0. The summed E-state index contributed by atoms with van der Waals surface area (Å²) in [5.41, 5.74) is -0.467. The Labute approximate surface area is 74.5 Å². The fraction of sp³-hybridized carbons (Fsp3) is 1.00. The molecule has 1 aliphatic rings. The van der Waals surface area contributed by atoms with E-state index in [1.807, 2.05) is 0 Å². The summed E-state index contributed by atoms with van der Waals surface area (Å²) in [6.07, 6.45) is -2.77. The van der Waals surface area contributed by atoms with Crippen LogP contribution < -0.4 is 0 Å². The second-order valence-electron chi connectivity index (χ2n) is 3.09. The lowest BCUT2D eigenvalue weighted by Gasteiger charge is -2.37. The van der Waals surface area contributed by atoms with Crippen molar-refractivity contribution in [2.24, 2.45) is 0 Å². The van der Waals surface area contributed by atoms with Crippen molar-refractivity contribution in [1.29, 1.82) is 0 Å². The second kappa shape index (κ2) is 3.42. The van der Waals surface area contributed by atoms with Crippen molar-refractivity contribution >= 4 is 11.6 Å². The quantitative estimate of drug-likeness (QED) is 0.430. The number of hydrogen-bond donors (Lipinski definition) is 0. The standard InChI is InChI=1S/C7H11ClF3N/c1-12-5(7(9,10)11)3-2-4-6(12)8/h5-6H,2-4H2,1H3. The van der Waals surface area contributed by atoms with Crippen molar-refractivity contribution in [2.75, 3.05) is 7.05 Å². The third-order valence-electron chi connectivity index (χ3n) is 2.23. The maximum absolute atomic E-state index is 12.3. The molecule has 0 spiro atoms. The summed E-state index contributed by atoms with van der Waals surface area (Å²) < 4.78 is 36.8. The molecule has 1 saturated heterocycles. The Bertz CT molecular complexity index is 159. The maximum Gasteiger partial charge on any atom is 0.404 e. The first-order valence-corrected chi connectivity index (χ1v) is 4.29. The Morgan fingerprint density at radius 1 is 1.33 bits per heavy atom. The minimum Gasteiger partial charge on any atom is -0.279 e. The van der Waals surface area contributed by atoms with Gasteiger partial charge in [-0.2, -0.15) is 13.2 Å². The highest BCUT2D eigenvalue weighted by atomic mass is 35.5. The molecule has 0 aliphatic carbocycles. The summed E-state index contributed by atoms with van der Waals surface area (Å²) >= 11 is 5.69. The topological polar surface area (TPSA) is 3.24 Å². The highest BCUT2D eigenvalue weighted by Crippen LogP contribution is 2.34. The molecule has 0 N–H and O–H groups in total. The predicted molar refractivity (Wildman–Crippen MR) is 41.1 cm³/mol. The van der Waals surface area contributed by atoms with Crippen LogP contribution in [0, 0.1) is 0 Å². The molecule has 0 bridgehead atoms. The molecule has 1 aliphatic heterocycles. The highest BCUT2D eigenvalue weighted by Gasteiger charge is 2.45. The molecule has 0 aromatic rings. The first kappa shape index (κ1) is 10.1. The van der Waals surface area contributed by atoms with Gasteiger partial charge in [-0.05, 0) is 26.3 Å². The predicted octanol–water partition coefficient (Wildman–Crippen LogP) is 2.60. The average Bonchev–Trinajstić information content (AvgIpc) is 1.92. The van der Waals surface area contributed by atoms with Gasteiger partial charge in [0.25, 0.3) is 0 Å². The van der Waals surface area contributed by atoms with E-state index >= 15 is 0 Å². The van der Waals surface area contributed by atoms with Gasteiger partial charge < -0.3 is 0 Å². The molecule has 5 heteroatoms. The second-order valence-corrected chi connectivity index (χ2v) is 3.59. The molecule has 0 radical (unpaired) electrons. The van der Waals surface area contributed by atoms with Gasteiger partial charge in [0.1, 0.15) is 6.04 Å². The van der Waals surface area contributed by atoms with Crippen molar-refractivity contribution in [2.45, 2.75) is 37.0 Å². The van der Waals surface area contributed by atoms with Gasteiger partial charge in [-0.15, -0.1) is 11.6 Å². The molecule has 1 fully saturated rings. The Morgan fingerprint density at radius 2 is 1.92 bits per heavy atom. The van der Waals surface area contributed by atoms with Crippen molar-refractivity contribution in [3.63, 3.8) is 0 Å². The monoisotopic (exact) mass is 201 g/mol. The van der Waals surface area contributed by atoms with E-state index in [2.05, 4.69) is 0 Å². The SMILES string of the molecule is CN1C(Cl)CCCC1C(F)(F)F. The summed E-state index contributed by atoms with van der Waals surface area (Å²) in [5, 5.41) is 0. The van der Waals surface area contributed by atoms with Gasteiger partial charge in [-0.25, -0.2) is 0 Å². The molecule has 12 heavy (non-hydrogen) atoms. The summed E-state index contributed by atoms with van der Waals surface area (Å²) in [4.78, 5) is 1.20. The zero-order chi connectivity index (χ0) is 9.35. The smallest absolute Gasteiger partial charge is 0.279 e. The largest absolute Gasteiger partial charge is 0.404 e. The molecule has 1 heterocycles. The third kappa shape index (κ3) is 2.04. The van der Waals surface area contributed by atoms with Gasteiger partial charge in [0.2, 0.25) is 0 Å². The molecular formula is C7H11ClF3N. The van der Waals surface area contributed by atoms with Gasteiger partial charge in [-0.3, -0.25) is 4.90 Å². The van der Waals surface area contributed by atoms with E-state index in [0.29, 0.717) is 12.8 Å². The summed E-state index contributed by atoms with van der Waals surface area (Å²) in [6, 6.07) is -1.35. The zero-order valence-corrected chi connectivity index (χ0v) is 7.49. The molecular weight excluding hydrogens is 191 g/mol. The average molecular weight is 202 g/mol. The molecule has 0 aromatic heterocycles. The Hall–Kier alpha value is 0.0400. The van der Waals surface area contributed by atoms with E-state index in [9.17, 15) is 13.2 Å². The molecule has 2 atom stereocenters. The van der Waals surface area contributed by atoms with Gasteiger partial charge >= 0.3 is 6.18 Å². The Balaban J connectivity index is 2.64. The van der Waals surface area contributed by atoms with Crippen LogP contribution in [-0.4, -0.2) is 29.7 Å². The van der Waals surface area contributed by atoms with Crippen LogP contribution in [0.2, 0.25) is 0 Å². The van der Waals surface area contributed by atoms with Crippen LogP contribution in [0.5, 0.6) is 0 Å². The van der Waals surface area contributed by atoms with Crippen LogP contribution in [0.4, 0.5) is 13.2 Å². The number of halogens is 4. The Kier molecular flexibility index (Phi) is 2.88. The van der Waals surface area contributed by atoms with Crippen LogP contribution in [0.15, 0.2) is 0 Å². The van der Waals surface area contributed by atoms with E-state index in [-0.39, 0.29) is 6.42 Å². The van der Waals surface area contributed by atoms with Gasteiger partial charge in [0, 0.05) is 0 Å². The van der Waals surface area contributed by atoms with Gasteiger partial charge in [0.15, 0.2) is 0 Å². The van der Waals surface area contributed by atoms with E-state index < -0.39 is 17.7 Å². The van der Waals surface area contributed by atoms with Crippen molar-refractivity contribution in [3.8, 4) is 0 Å². The van der Waals surface area contributed by atoms with Crippen LogP contribution >= 0.6 is 11.6 Å². The van der Waals surface area contributed by atoms with Crippen molar-refractivity contribution in [3.05, 3.63) is 0 Å². The normalized spacial score (nSPS) is 33.8. The first-order chi connectivity index (χ1) is 5.43. The van der Waals surface area contributed by atoms with Crippen molar-refractivity contribution in [1.82, 2.24) is 4.90 Å². The number of piperidine rings is 1. The lowest BCUT2D eigenvalue weighted by atomic mass is 10.0. The fourth-order valence-corrected chi connectivity index (χ4v) is 1.77. The minimum atomic E-state index is -4.14. The molecule has 1 rings (SSSR count). The molecule has 0 saturated carbocycles. The number of rotatable bonds is 0. The third-order valence-corrected chi connectivity index (χ3v) is 2.76. The van der Waals surface area contributed by atoms with Crippen LogP contribution in [-0.2, 0) is 0 Å². The molecule has 0 aromatic carbocycles. The van der Waals surface area contributed by atoms with E-state index in [1.54, 1.807) is 0 Å². The number of likely N-dealkylation sites (tertiary alicyclic amines) is 1. The number of alkyl halides is 4. The van der Waals surface area contributed by atoms with Crippen LogP contribution in [0.1, 0.15) is 19.3 Å². The van der Waals surface area contributed by atoms with Crippen LogP contribution in [0.25, 0.3) is 0 Å². The number of hydrogen-bond acceptors (Lipinski definition) is 1. The molecule has 1 nitrogen and oxygen atoms in total. The lowest BCUT2D eigenvalue weighted by molar-refractivity contribution is -0.189. The summed E-state index contributed by atoms with van der Waals surface area (Å²) in [6.45, 7) is 0. The lowest BCUT2D eigenvalue weighted by Crippen LogP contribution is -2.49. The van der Waals surface area contributed by atoms with E-state index in [0.717, 1.165) is 0 Å². The highest BCUT2D eigenvalue weighted by molar-refractivity contribution is 6.20. The van der Waals surface area contributed by atoms with E-state index in [4.69, 9.17) is 11.6 Å². The van der Waals surface area contributed by atoms with Gasteiger partial charge in [-0.1, -0.05) is 0 Å². The van der Waals surface area contributed by atoms with Gasteiger partial charge in [0.05, 0.1) is 5.50 Å². The van der Waals surface area contributed by atoms with E-state index in [1.165, 1.54) is 11.9 Å². The van der Waals surface area contributed by atoms with Crippen LogP contribution in [0.3, 0.4) is 0 Å². The maximum atomic E-state index is 12.3. The summed E-state index contributed by atoms with van der Waals surface area (Å²) in [7, 11) is 1.43. The molecule has 72 valence electrons. The molecule has 2 unspecified atom stereocenters. The first-order valence-electron chi connectivity index (χ1n) is 3.85.